The van der Waals surface area contributed by atoms with Gasteiger partial charge in [0.05, 0.1) is 5.30 Å². The summed E-state index contributed by atoms with van der Waals surface area (Å²) in [4.78, 5) is 2.16. The molecule has 0 bridgehead atoms. The number of anilines is 1. The number of fused-ring (bicyclic) bond motifs is 2. The highest BCUT2D eigenvalue weighted by Gasteiger charge is 2.40. The Morgan fingerprint density at radius 1 is 1.14 bits per heavy atom. The smallest absolute Gasteiger partial charge is 0.149 e. The third-order valence-electron chi connectivity index (χ3n) is 4.15. The van der Waals surface area contributed by atoms with Gasteiger partial charge in [-0.2, -0.15) is 0 Å². The first kappa shape index (κ1) is 14.7. The molecule has 3 rings (SSSR count). The first-order chi connectivity index (χ1) is 10.00. The molecule has 0 saturated heterocycles. The molecule has 0 aromatic heterocycles. The Balaban J connectivity index is 2.38. The Kier molecular flexibility index (Phi) is 3.67. The van der Waals surface area contributed by atoms with Gasteiger partial charge in [0.1, 0.15) is 7.14 Å². The topological polar surface area (TPSA) is 43.1 Å². The van der Waals surface area contributed by atoms with Gasteiger partial charge >= 0.3 is 0 Å². The zero-order valence-electron chi connectivity index (χ0n) is 12.6. The molecular formula is C17H20NOPS. The Labute approximate surface area is 130 Å². The molecule has 1 atom stereocenters. The summed E-state index contributed by atoms with van der Waals surface area (Å²) in [7, 11) is -2.69. The fourth-order valence-electron chi connectivity index (χ4n) is 2.96. The van der Waals surface area contributed by atoms with Crippen LogP contribution in [-0.2, 0) is 11.0 Å². The molecule has 2 N–H and O–H groups in total. The van der Waals surface area contributed by atoms with Crippen LogP contribution in [0.3, 0.4) is 0 Å². The third-order valence-corrected chi connectivity index (χ3v) is 9.30. The summed E-state index contributed by atoms with van der Waals surface area (Å²) < 4.78 is 14.0. The van der Waals surface area contributed by atoms with Gasteiger partial charge in [-0.3, -0.25) is 0 Å². The van der Waals surface area contributed by atoms with E-state index in [1.54, 1.807) is 11.8 Å². The lowest BCUT2D eigenvalue weighted by Crippen LogP contribution is -2.30. The van der Waals surface area contributed by atoms with Crippen molar-refractivity contribution in [2.75, 3.05) is 5.73 Å². The van der Waals surface area contributed by atoms with E-state index in [1.165, 1.54) is 0 Å². The molecule has 2 nitrogen and oxygen atoms in total. The van der Waals surface area contributed by atoms with Gasteiger partial charge in [0, 0.05) is 26.4 Å². The molecule has 0 amide bonds. The molecule has 4 heteroatoms. The standard InChI is InChI=1S/C17H20NOPS/c1-4-12-9-10-15-17(16(12)18)20(19,11(2)3)13-7-5-6-8-14(13)21-15/h5-11H,4,18H2,1-3H3. The van der Waals surface area contributed by atoms with Crippen LogP contribution in [-0.4, -0.2) is 5.66 Å². The number of benzene rings is 2. The zero-order valence-corrected chi connectivity index (χ0v) is 14.3. The predicted octanol–water partition coefficient (Wildman–Crippen LogP) is 4.02. The van der Waals surface area contributed by atoms with E-state index in [-0.39, 0.29) is 5.66 Å². The van der Waals surface area contributed by atoms with Crippen molar-refractivity contribution in [1.82, 2.24) is 0 Å². The van der Waals surface area contributed by atoms with Crippen LogP contribution in [0.1, 0.15) is 26.3 Å². The summed E-state index contributed by atoms with van der Waals surface area (Å²) in [6.45, 7) is 6.16. The number of hydrogen-bond acceptors (Lipinski definition) is 3. The van der Waals surface area contributed by atoms with Gasteiger partial charge in [0.2, 0.25) is 0 Å². The van der Waals surface area contributed by atoms with Gasteiger partial charge in [-0.1, -0.05) is 56.8 Å². The van der Waals surface area contributed by atoms with E-state index in [0.29, 0.717) is 0 Å². The highest BCUT2D eigenvalue weighted by molar-refractivity contribution is 8.02. The molecule has 0 spiro atoms. The average Bonchev–Trinajstić information content (AvgIpc) is 2.47. The Morgan fingerprint density at radius 2 is 1.86 bits per heavy atom. The monoisotopic (exact) mass is 317 g/mol. The Bertz CT molecular complexity index is 754. The van der Waals surface area contributed by atoms with Crippen molar-refractivity contribution in [3.8, 4) is 0 Å². The maximum Gasteiger partial charge on any atom is 0.149 e. The number of aryl methyl sites for hydroxylation is 1. The second-order valence-electron chi connectivity index (χ2n) is 5.66. The third kappa shape index (κ3) is 2.06. The van der Waals surface area contributed by atoms with Crippen molar-refractivity contribution in [2.24, 2.45) is 0 Å². The maximum absolute atomic E-state index is 14.0. The number of nitrogens with two attached hydrogens (primary N) is 1. The predicted molar refractivity (Wildman–Crippen MR) is 92.8 cm³/mol. The highest BCUT2D eigenvalue weighted by atomic mass is 32.2. The molecule has 0 radical (unpaired) electrons. The van der Waals surface area contributed by atoms with E-state index < -0.39 is 7.14 Å². The van der Waals surface area contributed by atoms with E-state index in [0.717, 1.165) is 38.1 Å². The van der Waals surface area contributed by atoms with Crippen LogP contribution in [0.4, 0.5) is 5.69 Å². The van der Waals surface area contributed by atoms with Crippen molar-refractivity contribution in [3.63, 3.8) is 0 Å². The van der Waals surface area contributed by atoms with Crippen LogP contribution in [0.25, 0.3) is 0 Å². The molecule has 0 fully saturated rings. The van der Waals surface area contributed by atoms with Gasteiger partial charge < -0.3 is 10.3 Å². The summed E-state index contributed by atoms with van der Waals surface area (Å²) >= 11 is 1.68. The quantitative estimate of drug-likeness (QED) is 0.672. The van der Waals surface area contributed by atoms with E-state index in [9.17, 15) is 4.57 Å². The van der Waals surface area contributed by atoms with Crippen molar-refractivity contribution < 1.29 is 4.57 Å². The second kappa shape index (κ2) is 5.23. The molecule has 2 aromatic carbocycles. The zero-order chi connectivity index (χ0) is 15.2. The summed E-state index contributed by atoms with van der Waals surface area (Å²) in [5.41, 5.74) is 8.27. The van der Waals surface area contributed by atoms with Crippen LogP contribution in [0, 0.1) is 0 Å². The van der Waals surface area contributed by atoms with E-state index in [1.807, 2.05) is 32.0 Å². The SMILES string of the molecule is CCc1ccc2c(c1N)P(=O)(C(C)C)c1ccccc1S2. The lowest BCUT2D eigenvalue weighted by molar-refractivity contribution is 0.581. The largest absolute Gasteiger partial charge is 0.398 e. The molecule has 1 unspecified atom stereocenters. The number of nitrogen functional groups attached to an aromatic ring is 1. The molecule has 21 heavy (non-hydrogen) atoms. The van der Waals surface area contributed by atoms with Gasteiger partial charge in [-0.05, 0) is 24.1 Å². The minimum absolute atomic E-state index is 0.0488. The van der Waals surface area contributed by atoms with E-state index >= 15 is 0 Å². The maximum atomic E-state index is 14.0. The molecule has 0 saturated carbocycles. The van der Waals surface area contributed by atoms with Crippen LogP contribution in [0.5, 0.6) is 0 Å². The van der Waals surface area contributed by atoms with Crippen molar-refractivity contribution >= 4 is 35.2 Å². The first-order valence-corrected chi connectivity index (χ1v) is 9.88. The summed E-state index contributed by atoms with van der Waals surface area (Å²) in [6, 6.07) is 12.2. The van der Waals surface area contributed by atoms with Crippen LogP contribution >= 0.6 is 18.9 Å². The summed E-state index contributed by atoms with van der Waals surface area (Å²) in [5, 5.41) is 1.86. The van der Waals surface area contributed by atoms with Crippen LogP contribution in [0.2, 0.25) is 0 Å². The van der Waals surface area contributed by atoms with Gasteiger partial charge in [-0.25, -0.2) is 0 Å². The summed E-state index contributed by atoms with van der Waals surface area (Å²) in [6.07, 6.45) is 0.865. The number of rotatable bonds is 2. The molecule has 1 aliphatic rings. The fraction of sp³-hybridized carbons (Fsp3) is 0.294. The Morgan fingerprint density at radius 3 is 2.52 bits per heavy atom. The van der Waals surface area contributed by atoms with Crippen molar-refractivity contribution in [3.05, 3.63) is 42.0 Å². The summed E-state index contributed by atoms with van der Waals surface area (Å²) in [5.74, 6) is 0. The van der Waals surface area contributed by atoms with Crippen LogP contribution in [0.15, 0.2) is 46.2 Å². The average molecular weight is 317 g/mol. The molecule has 0 aliphatic carbocycles. The van der Waals surface area contributed by atoms with Crippen molar-refractivity contribution in [2.45, 2.75) is 42.6 Å². The number of hydrogen-bond donors (Lipinski definition) is 1. The lowest BCUT2D eigenvalue weighted by Gasteiger charge is -2.32. The fourth-order valence-corrected chi connectivity index (χ4v) is 7.87. The molecule has 2 aromatic rings. The highest BCUT2D eigenvalue weighted by Crippen LogP contribution is 2.57. The molecule has 1 aliphatic heterocycles. The first-order valence-electron chi connectivity index (χ1n) is 7.29. The van der Waals surface area contributed by atoms with E-state index in [2.05, 4.69) is 25.1 Å². The molecule has 110 valence electrons. The van der Waals surface area contributed by atoms with Gasteiger partial charge in [-0.15, -0.1) is 0 Å². The van der Waals surface area contributed by atoms with Gasteiger partial charge in [0.15, 0.2) is 0 Å². The van der Waals surface area contributed by atoms with Crippen molar-refractivity contribution in [1.29, 1.82) is 0 Å². The lowest BCUT2D eigenvalue weighted by atomic mass is 10.1. The Hall–Kier alpha value is -1.18. The molecule has 1 heterocycles. The minimum Gasteiger partial charge on any atom is -0.398 e. The minimum atomic E-state index is -2.69. The normalized spacial score (nSPS) is 20.2. The second-order valence-corrected chi connectivity index (χ2v) is 10.0. The van der Waals surface area contributed by atoms with E-state index in [4.69, 9.17) is 5.73 Å². The van der Waals surface area contributed by atoms with Crippen LogP contribution < -0.4 is 16.3 Å². The molecular weight excluding hydrogens is 297 g/mol. The van der Waals surface area contributed by atoms with Gasteiger partial charge in [0.25, 0.3) is 0 Å².